The lowest BCUT2D eigenvalue weighted by atomic mass is 10.2. The quantitative estimate of drug-likeness (QED) is 0.262. The van der Waals surface area contributed by atoms with Gasteiger partial charge >= 0.3 is 5.97 Å². The second-order valence-corrected chi connectivity index (χ2v) is 6.50. The SMILES string of the molecule is C#CC(=CC=CN(CCC)CCCC)C(=O)OCC1COC(C)(C)O1. The van der Waals surface area contributed by atoms with Crippen molar-refractivity contribution in [3.05, 3.63) is 23.9 Å². The molecule has 0 aliphatic carbocycles. The number of terminal acetylenes is 1. The molecule has 0 aromatic rings. The fourth-order valence-electron chi connectivity index (χ4n) is 2.44. The minimum atomic E-state index is -0.633. The highest BCUT2D eigenvalue weighted by atomic mass is 16.7. The van der Waals surface area contributed by atoms with E-state index in [0.29, 0.717) is 6.61 Å². The van der Waals surface area contributed by atoms with E-state index in [9.17, 15) is 4.79 Å². The Bertz CT molecular complexity index is 516. The summed E-state index contributed by atoms with van der Waals surface area (Å²) in [5.74, 6) is 1.24. The first-order valence-electron chi connectivity index (χ1n) is 8.99. The smallest absolute Gasteiger partial charge is 0.346 e. The van der Waals surface area contributed by atoms with Gasteiger partial charge in [0.25, 0.3) is 0 Å². The van der Waals surface area contributed by atoms with Gasteiger partial charge in [-0.1, -0.05) is 26.2 Å². The van der Waals surface area contributed by atoms with Crippen LogP contribution in [-0.4, -0.2) is 49.1 Å². The highest BCUT2D eigenvalue weighted by molar-refractivity contribution is 5.93. The monoisotopic (exact) mass is 349 g/mol. The lowest BCUT2D eigenvalue weighted by molar-refractivity contribution is -0.155. The van der Waals surface area contributed by atoms with Crippen molar-refractivity contribution in [3.63, 3.8) is 0 Å². The van der Waals surface area contributed by atoms with Crippen molar-refractivity contribution in [2.75, 3.05) is 26.3 Å². The molecule has 1 saturated heterocycles. The Balaban J connectivity index is 2.52. The van der Waals surface area contributed by atoms with E-state index in [-0.39, 0.29) is 18.3 Å². The highest BCUT2D eigenvalue weighted by Gasteiger charge is 2.33. The van der Waals surface area contributed by atoms with Gasteiger partial charge in [-0.3, -0.25) is 0 Å². The number of esters is 1. The molecule has 0 spiro atoms. The summed E-state index contributed by atoms with van der Waals surface area (Å²) in [4.78, 5) is 14.3. The van der Waals surface area contributed by atoms with E-state index < -0.39 is 11.8 Å². The fourth-order valence-corrected chi connectivity index (χ4v) is 2.44. The normalized spacial score (nSPS) is 19.8. The standard InChI is InChI=1S/C20H31NO4/c1-6-9-13-21(12-7-2)14-10-11-17(8-3)19(22)23-15-18-16-24-20(4,5)25-18/h3,10-11,14,18H,6-7,9,12-13,15-16H2,1-2,4-5H3. The molecule has 1 heterocycles. The molecule has 0 bridgehead atoms. The van der Waals surface area contributed by atoms with E-state index in [1.54, 1.807) is 12.2 Å². The van der Waals surface area contributed by atoms with Gasteiger partial charge in [0.1, 0.15) is 18.3 Å². The van der Waals surface area contributed by atoms with Gasteiger partial charge in [-0.25, -0.2) is 4.79 Å². The highest BCUT2D eigenvalue weighted by Crippen LogP contribution is 2.22. The number of rotatable bonds is 10. The van der Waals surface area contributed by atoms with Crippen LogP contribution in [0, 0.1) is 12.3 Å². The summed E-state index contributed by atoms with van der Waals surface area (Å²) in [6.07, 6.45) is 13.9. The van der Waals surface area contributed by atoms with Crippen LogP contribution >= 0.6 is 0 Å². The lowest BCUT2D eigenvalue weighted by Gasteiger charge is -2.18. The minimum absolute atomic E-state index is 0.128. The lowest BCUT2D eigenvalue weighted by Crippen LogP contribution is -2.25. The Labute approximate surface area is 152 Å². The van der Waals surface area contributed by atoms with Gasteiger partial charge in [0.05, 0.1) is 6.61 Å². The predicted octanol–water partition coefficient (Wildman–Crippen LogP) is 3.27. The summed E-state index contributed by atoms with van der Waals surface area (Å²) in [5.41, 5.74) is 0.196. The molecule has 5 nitrogen and oxygen atoms in total. The number of carbonyl (C=O) groups is 1. The molecule has 0 radical (unpaired) electrons. The average molecular weight is 349 g/mol. The summed E-state index contributed by atoms with van der Waals surface area (Å²) >= 11 is 0. The first-order valence-corrected chi connectivity index (χ1v) is 8.99. The van der Waals surface area contributed by atoms with E-state index in [4.69, 9.17) is 20.6 Å². The van der Waals surface area contributed by atoms with E-state index >= 15 is 0 Å². The molecule has 25 heavy (non-hydrogen) atoms. The Morgan fingerprint density at radius 3 is 2.68 bits per heavy atom. The average Bonchev–Trinajstić information content (AvgIpc) is 2.93. The van der Waals surface area contributed by atoms with Crippen molar-refractivity contribution in [1.82, 2.24) is 4.90 Å². The van der Waals surface area contributed by atoms with Gasteiger partial charge in [-0.05, 0) is 45.0 Å². The first kappa shape index (κ1) is 21.3. The second kappa shape index (κ2) is 11.0. The maximum atomic E-state index is 12.1. The van der Waals surface area contributed by atoms with Crippen LogP contribution in [0.2, 0.25) is 0 Å². The molecule has 5 heteroatoms. The largest absolute Gasteiger partial charge is 0.459 e. The van der Waals surface area contributed by atoms with Crippen LogP contribution in [0.1, 0.15) is 47.0 Å². The summed E-state index contributed by atoms with van der Waals surface area (Å²) in [6.45, 7) is 10.5. The van der Waals surface area contributed by atoms with Gasteiger partial charge in [-0.15, -0.1) is 6.42 Å². The molecule has 1 fully saturated rings. The second-order valence-electron chi connectivity index (χ2n) is 6.50. The van der Waals surface area contributed by atoms with E-state index in [1.165, 1.54) is 0 Å². The van der Waals surface area contributed by atoms with Crippen LogP contribution in [0.4, 0.5) is 0 Å². The zero-order chi connectivity index (χ0) is 18.7. The molecule has 1 atom stereocenters. The van der Waals surface area contributed by atoms with Gasteiger partial charge in [0.15, 0.2) is 5.79 Å². The van der Waals surface area contributed by atoms with Crippen LogP contribution in [-0.2, 0) is 19.0 Å². The van der Waals surface area contributed by atoms with Crippen molar-refractivity contribution in [1.29, 1.82) is 0 Å². The fraction of sp³-hybridized carbons (Fsp3) is 0.650. The molecule has 140 valence electrons. The Morgan fingerprint density at radius 2 is 2.12 bits per heavy atom. The summed E-state index contributed by atoms with van der Waals surface area (Å²) in [7, 11) is 0. The molecule has 1 aliphatic heterocycles. The minimum Gasteiger partial charge on any atom is -0.459 e. The summed E-state index contributed by atoms with van der Waals surface area (Å²) in [6, 6.07) is 0. The van der Waals surface area contributed by atoms with Crippen molar-refractivity contribution in [2.45, 2.75) is 58.8 Å². The Hall–Kier alpha value is -1.77. The van der Waals surface area contributed by atoms with E-state index in [1.807, 2.05) is 20.0 Å². The first-order chi connectivity index (χ1) is 11.9. The van der Waals surface area contributed by atoms with Crippen LogP contribution in [0.25, 0.3) is 0 Å². The van der Waals surface area contributed by atoms with Gasteiger partial charge in [0, 0.05) is 13.1 Å². The van der Waals surface area contributed by atoms with E-state index in [0.717, 1.165) is 32.4 Å². The number of hydrogen-bond acceptors (Lipinski definition) is 5. The Morgan fingerprint density at radius 1 is 1.36 bits per heavy atom. The maximum absolute atomic E-state index is 12.1. The number of allylic oxidation sites excluding steroid dienone is 2. The predicted molar refractivity (Wildman–Crippen MR) is 98.7 cm³/mol. The molecule has 1 aliphatic rings. The molecule has 0 N–H and O–H groups in total. The number of ether oxygens (including phenoxy) is 3. The third-order valence-electron chi connectivity index (χ3n) is 3.71. The van der Waals surface area contributed by atoms with Crippen molar-refractivity contribution in [3.8, 4) is 12.3 Å². The molecular formula is C20H31NO4. The Kier molecular flexibility index (Phi) is 9.33. The zero-order valence-corrected chi connectivity index (χ0v) is 15.9. The number of hydrogen-bond donors (Lipinski definition) is 0. The molecule has 0 aromatic carbocycles. The van der Waals surface area contributed by atoms with Crippen LogP contribution < -0.4 is 0 Å². The van der Waals surface area contributed by atoms with Crippen molar-refractivity contribution >= 4 is 5.97 Å². The molecule has 1 unspecified atom stereocenters. The topological polar surface area (TPSA) is 48.0 Å². The van der Waals surface area contributed by atoms with Gasteiger partial charge < -0.3 is 19.1 Å². The van der Waals surface area contributed by atoms with Gasteiger partial charge in [0.2, 0.25) is 0 Å². The third-order valence-corrected chi connectivity index (χ3v) is 3.71. The molecule has 0 amide bonds. The number of unbranched alkanes of at least 4 members (excludes halogenated alkanes) is 1. The van der Waals surface area contributed by atoms with Crippen LogP contribution in [0.3, 0.4) is 0 Å². The number of nitrogens with zero attached hydrogens (tertiary/aromatic N) is 1. The summed E-state index contributed by atoms with van der Waals surface area (Å²) in [5, 5.41) is 0. The molecule has 0 aromatic heterocycles. The van der Waals surface area contributed by atoms with Crippen molar-refractivity contribution < 1.29 is 19.0 Å². The van der Waals surface area contributed by atoms with E-state index in [2.05, 4.69) is 24.7 Å². The zero-order valence-electron chi connectivity index (χ0n) is 15.9. The molecule has 0 saturated carbocycles. The third kappa shape index (κ3) is 8.24. The summed E-state index contributed by atoms with van der Waals surface area (Å²) < 4.78 is 16.3. The molecule has 1 rings (SSSR count). The van der Waals surface area contributed by atoms with Gasteiger partial charge in [-0.2, -0.15) is 0 Å². The van der Waals surface area contributed by atoms with Crippen molar-refractivity contribution in [2.24, 2.45) is 0 Å². The maximum Gasteiger partial charge on any atom is 0.346 e. The van der Waals surface area contributed by atoms with Crippen LogP contribution in [0.5, 0.6) is 0 Å². The van der Waals surface area contributed by atoms with Crippen LogP contribution in [0.15, 0.2) is 23.9 Å². The molecular weight excluding hydrogens is 318 g/mol. The number of carbonyl (C=O) groups excluding carboxylic acids is 1.